The van der Waals surface area contributed by atoms with Crippen molar-refractivity contribution in [2.24, 2.45) is 0 Å². The molecule has 0 atom stereocenters. The summed E-state index contributed by atoms with van der Waals surface area (Å²) in [6, 6.07) is 11.6. The van der Waals surface area contributed by atoms with Crippen LogP contribution in [0.4, 0.5) is 0 Å². The van der Waals surface area contributed by atoms with Gasteiger partial charge in [-0.15, -0.1) is 0 Å². The summed E-state index contributed by atoms with van der Waals surface area (Å²) in [5, 5.41) is 0.558. The molecule has 0 spiro atoms. The standard InChI is InChI=1S/C18H19ClO2/c1-3-13-5-6-14(4-2)18(9-13)21-12-15-7-8-17(19)10-16(15)11-20/h5-11H,3-4,12H2,1-2H3. The zero-order valence-electron chi connectivity index (χ0n) is 12.4. The molecule has 0 saturated carbocycles. The number of rotatable bonds is 6. The second-order valence-electron chi connectivity index (χ2n) is 4.90. The van der Waals surface area contributed by atoms with E-state index in [-0.39, 0.29) is 0 Å². The van der Waals surface area contributed by atoms with Gasteiger partial charge in [0.25, 0.3) is 0 Å². The molecule has 0 unspecified atom stereocenters. The molecule has 3 heteroatoms. The van der Waals surface area contributed by atoms with E-state index in [4.69, 9.17) is 16.3 Å². The summed E-state index contributed by atoms with van der Waals surface area (Å²) in [6.07, 6.45) is 2.70. The SMILES string of the molecule is CCc1ccc(CC)c(OCc2ccc(Cl)cc2C=O)c1. The molecule has 21 heavy (non-hydrogen) atoms. The lowest BCUT2D eigenvalue weighted by Crippen LogP contribution is -2.02. The minimum atomic E-state index is 0.366. The molecule has 110 valence electrons. The number of halogens is 1. The van der Waals surface area contributed by atoms with Crippen LogP contribution in [0.1, 0.15) is 40.9 Å². The molecule has 2 nitrogen and oxygen atoms in total. The molecule has 0 aliphatic rings. The Balaban J connectivity index is 2.21. The minimum absolute atomic E-state index is 0.366. The van der Waals surface area contributed by atoms with Crippen LogP contribution in [0.3, 0.4) is 0 Å². The molecule has 0 N–H and O–H groups in total. The fourth-order valence-electron chi connectivity index (χ4n) is 2.21. The number of hydrogen-bond acceptors (Lipinski definition) is 2. The third-order valence-corrected chi connectivity index (χ3v) is 3.77. The van der Waals surface area contributed by atoms with Crippen molar-refractivity contribution >= 4 is 17.9 Å². The average molecular weight is 303 g/mol. The van der Waals surface area contributed by atoms with E-state index in [9.17, 15) is 4.79 Å². The molecule has 0 radical (unpaired) electrons. The smallest absolute Gasteiger partial charge is 0.150 e. The number of ether oxygens (including phenoxy) is 1. The average Bonchev–Trinajstić information content (AvgIpc) is 2.53. The molecule has 0 amide bonds. The number of hydrogen-bond donors (Lipinski definition) is 0. The Morgan fingerprint density at radius 3 is 2.48 bits per heavy atom. The molecule has 0 aromatic heterocycles. The van der Waals surface area contributed by atoms with Gasteiger partial charge in [-0.05, 0) is 47.7 Å². The molecule has 2 rings (SSSR count). The third kappa shape index (κ3) is 3.85. The molecule has 0 bridgehead atoms. The summed E-state index contributed by atoms with van der Waals surface area (Å²) >= 11 is 5.90. The van der Waals surface area contributed by atoms with Crippen LogP contribution in [-0.4, -0.2) is 6.29 Å². The van der Waals surface area contributed by atoms with Crippen LogP contribution in [-0.2, 0) is 19.4 Å². The molecule has 2 aromatic rings. The Labute approximate surface area is 130 Å². The molecule has 2 aromatic carbocycles. The number of carbonyl (C=O) groups excluding carboxylic acids is 1. The van der Waals surface area contributed by atoms with E-state index in [1.807, 2.05) is 6.07 Å². The Morgan fingerprint density at radius 2 is 1.81 bits per heavy atom. The molecule has 0 aliphatic heterocycles. The third-order valence-electron chi connectivity index (χ3n) is 3.54. The van der Waals surface area contributed by atoms with Gasteiger partial charge in [-0.3, -0.25) is 4.79 Å². The van der Waals surface area contributed by atoms with E-state index in [2.05, 4.69) is 32.0 Å². The first-order chi connectivity index (χ1) is 10.2. The Kier molecular flexibility index (Phi) is 5.40. The fraction of sp³-hybridized carbons (Fsp3) is 0.278. The quantitative estimate of drug-likeness (QED) is 0.713. The maximum atomic E-state index is 11.1. The summed E-state index contributed by atoms with van der Waals surface area (Å²) in [5.41, 5.74) is 3.84. The maximum Gasteiger partial charge on any atom is 0.150 e. The van der Waals surface area contributed by atoms with E-state index in [0.29, 0.717) is 17.2 Å². The normalized spacial score (nSPS) is 10.4. The highest BCUT2D eigenvalue weighted by molar-refractivity contribution is 6.30. The second-order valence-corrected chi connectivity index (χ2v) is 5.34. The summed E-state index contributed by atoms with van der Waals surface area (Å²) < 4.78 is 5.94. The van der Waals surface area contributed by atoms with Gasteiger partial charge >= 0.3 is 0 Å². The first-order valence-electron chi connectivity index (χ1n) is 7.16. The van der Waals surface area contributed by atoms with Crippen molar-refractivity contribution in [3.05, 3.63) is 63.7 Å². The van der Waals surface area contributed by atoms with Crippen molar-refractivity contribution in [1.82, 2.24) is 0 Å². The lowest BCUT2D eigenvalue weighted by atomic mass is 10.1. The van der Waals surface area contributed by atoms with Gasteiger partial charge in [0.05, 0.1) is 0 Å². The topological polar surface area (TPSA) is 26.3 Å². The van der Waals surface area contributed by atoms with Crippen LogP contribution in [0.15, 0.2) is 36.4 Å². The first kappa shape index (κ1) is 15.6. The van der Waals surface area contributed by atoms with Crippen LogP contribution in [0.2, 0.25) is 5.02 Å². The second kappa shape index (κ2) is 7.28. The van der Waals surface area contributed by atoms with E-state index in [1.165, 1.54) is 11.1 Å². The molecular weight excluding hydrogens is 284 g/mol. The number of aldehydes is 1. The molecule has 0 saturated heterocycles. The summed E-state index contributed by atoms with van der Waals surface area (Å²) in [5.74, 6) is 0.892. The van der Waals surface area contributed by atoms with Crippen molar-refractivity contribution in [3.63, 3.8) is 0 Å². The maximum absolute atomic E-state index is 11.1. The van der Waals surface area contributed by atoms with Crippen LogP contribution >= 0.6 is 11.6 Å². The van der Waals surface area contributed by atoms with Gasteiger partial charge in [0, 0.05) is 10.6 Å². The minimum Gasteiger partial charge on any atom is -0.489 e. The lowest BCUT2D eigenvalue weighted by molar-refractivity contribution is 0.112. The Bertz CT molecular complexity index is 635. The highest BCUT2D eigenvalue weighted by Crippen LogP contribution is 2.24. The largest absolute Gasteiger partial charge is 0.489 e. The summed E-state index contributed by atoms with van der Waals surface area (Å²) in [7, 11) is 0. The van der Waals surface area contributed by atoms with Crippen molar-refractivity contribution < 1.29 is 9.53 Å². The van der Waals surface area contributed by atoms with Gasteiger partial charge in [-0.2, -0.15) is 0 Å². The molecular formula is C18H19ClO2. The van der Waals surface area contributed by atoms with E-state index in [1.54, 1.807) is 12.1 Å². The van der Waals surface area contributed by atoms with E-state index < -0.39 is 0 Å². The monoisotopic (exact) mass is 302 g/mol. The van der Waals surface area contributed by atoms with Gasteiger partial charge in [-0.1, -0.05) is 43.6 Å². The molecule has 0 fully saturated rings. The lowest BCUT2D eigenvalue weighted by Gasteiger charge is -2.13. The van der Waals surface area contributed by atoms with Gasteiger partial charge in [0.1, 0.15) is 12.4 Å². The van der Waals surface area contributed by atoms with Crippen molar-refractivity contribution in [3.8, 4) is 5.75 Å². The van der Waals surface area contributed by atoms with Gasteiger partial charge in [0.15, 0.2) is 6.29 Å². The van der Waals surface area contributed by atoms with E-state index >= 15 is 0 Å². The van der Waals surface area contributed by atoms with Crippen molar-refractivity contribution in [2.45, 2.75) is 33.3 Å². The van der Waals surface area contributed by atoms with Crippen LogP contribution in [0, 0.1) is 0 Å². The number of carbonyl (C=O) groups is 1. The number of benzene rings is 2. The van der Waals surface area contributed by atoms with Crippen molar-refractivity contribution in [2.75, 3.05) is 0 Å². The Hall–Kier alpha value is -1.80. The first-order valence-corrected chi connectivity index (χ1v) is 7.54. The summed E-state index contributed by atoms with van der Waals surface area (Å²) in [4.78, 5) is 11.1. The summed E-state index contributed by atoms with van der Waals surface area (Å²) in [6.45, 7) is 4.59. The molecule has 0 heterocycles. The highest BCUT2D eigenvalue weighted by Gasteiger charge is 2.07. The predicted molar refractivity (Wildman–Crippen MR) is 86.4 cm³/mol. The van der Waals surface area contributed by atoms with Gasteiger partial charge < -0.3 is 4.74 Å². The highest BCUT2D eigenvalue weighted by atomic mass is 35.5. The fourth-order valence-corrected chi connectivity index (χ4v) is 2.39. The Morgan fingerprint density at radius 1 is 1.05 bits per heavy atom. The van der Waals surface area contributed by atoms with Crippen LogP contribution < -0.4 is 4.74 Å². The zero-order chi connectivity index (χ0) is 15.2. The predicted octanol–water partition coefficient (Wildman–Crippen LogP) is 4.86. The zero-order valence-corrected chi connectivity index (χ0v) is 13.1. The van der Waals surface area contributed by atoms with E-state index in [0.717, 1.165) is 30.4 Å². The van der Waals surface area contributed by atoms with Gasteiger partial charge in [-0.25, -0.2) is 0 Å². The van der Waals surface area contributed by atoms with Crippen LogP contribution in [0.25, 0.3) is 0 Å². The van der Waals surface area contributed by atoms with Gasteiger partial charge in [0.2, 0.25) is 0 Å². The van der Waals surface area contributed by atoms with Crippen molar-refractivity contribution in [1.29, 1.82) is 0 Å². The van der Waals surface area contributed by atoms with Crippen LogP contribution in [0.5, 0.6) is 5.75 Å². The molecule has 0 aliphatic carbocycles. The number of aryl methyl sites for hydroxylation is 2.